The van der Waals surface area contributed by atoms with Crippen LogP contribution in [-0.4, -0.2) is 0 Å². The van der Waals surface area contributed by atoms with Gasteiger partial charge in [0.25, 0.3) is 0 Å². The van der Waals surface area contributed by atoms with E-state index in [1.54, 1.807) is 6.07 Å². The van der Waals surface area contributed by atoms with Crippen LogP contribution in [0.15, 0.2) is 48.5 Å². The van der Waals surface area contributed by atoms with E-state index in [1.165, 1.54) is 6.07 Å². The molecule has 0 aliphatic rings. The van der Waals surface area contributed by atoms with E-state index in [9.17, 15) is 4.39 Å². The van der Waals surface area contributed by atoms with Crippen molar-refractivity contribution in [1.82, 2.24) is 0 Å². The van der Waals surface area contributed by atoms with Gasteiger partial charge in [0.2, 0.25) is 0 Å². The molecular weight excluding hydrogens is 213 g/mol. The van der Waals surface area contributed by atoms with Crippen molar-refractivity contribution in [3.8, 4) is 0 Å². The molecule has 0 aliphatic carbocycles. The molecule has 0 aromatic heterocycles. The first-order valence-corrected chi connectivity index (χ1v) is 5.63. The molecule has 0 spiro atoms. The molecule has 2 aromatic rings. The average Bonchev–Trinajstić information content (AvgIpc) is 2.33. The third-order valence-electron chi connectivity index (χ3n) is 3.22. The molecule has 88 valence electrons. The standard InChI is InChI=1S/C15H16FN/c1-15(2,11-6-4-3-5-7-11)12-8-9-14(17)13(16)10-12/h3-10H,17H2,1-2H3. The van der Waals surface area contributed by atoms with E-state index in [2.05, 4.69) is 13.8 Å². The van der Waals surface area contributed by atoms with E-state index < -0.39 is 0 Å². The predicted molar refractivity (Wildman–Crippen MR) is 69.4 cm³/mol. The van der Waals surface area contributed by atoms with Crippen LogP contribution >= 0.6 is 0 Å². The van der Waals surface area contributed by atoms with Crippen molar-refractivity contribution in [3.05, 3.63) is 65.5 Å². The van der Waals surface area contributed by atoms with Crippen LogP contribution in [0.5, 0.6) is 0 Å². The summed E-state index contributed by atoms with van der Waals surface area (Å²) >= 11 is 0. The maximum absolute atomic E-state index is 13.5. The van der Waals surface area contributed by atoms with Gasteiger partial charge in [-0.3, -0.25) is 0 Å². The monoisotopic (exact) mass is 229 g/mol. The van der Waals surface area contributed by atoms with Gasteiger partial charge in [-0.25, -0.2) is 4.39 Å². The van der Waals surface area contributed by atoms with Gasteiger partial charge >= 0.3 is 0 Å². The first-order chi connectivity index (χ1) is 8.01. The Hall–Kier alpha value is -1.83. The molecule has 0 saturated heterocycles. The third kappa shape index (κ3) is 2.16. The van der Waals surface area contributed by atoms with Crippen LogP contribution < -0.4 is 5.73 Å². The second-order valence-corrected chi connectivity index (χ2v) is 4.73. The summed E-state index contributed by atoms with van der Waals surface area (Å²) in [6.07, 6.45) is 0. The zero-order chi connectivity index (χ0) is 12.5. The second-order valence-electron chi connectivity index (χ2n) is 4.73. The molecule has 0 aliphatic heterocycles. The Morgan fingerprint density at radius 3 is 2.18 bits per heavy atom. The van der Waals surface area contributed by atoms with Crippen molar-refractivity contribution in [2.45, 2.75) is 19.3 Å². The van der Waals surface area contributed by atoms with Crippen LogP contribution in [0.1, 0.15) is 25.0 Å². The van der Waals surface area contributed by atoms with Gasteiger partial charge in [-0.15, -0.1) is 0 Å². The number of nitrogens with two attached hydrogens (primary N) is 1. The summed E-state index contributed by atoms with van der Waals surface area (Å²) in [5.41, 5.74) is 7.54. The van der Waals surface area contributed by atoms with Crippen LogP contribution in [0.3, 0.4) is 0 Å². The van der Waals surface area contributed by atoms with Gasteiger partial charge in [-0.1, -0.05) is 50.2 Å². The van der Waals surface area contributed by atoms with E-state index in [0.717, 1.165) is 11.1 Å². The van der Waals surface area contributed by atoms with Crippen molar-refractivity contribution in [1.29, 1.82) is 0 Å². The molecule has 0 fully saturated rings. The van der Waals surface area contributed by atoms with Crippen LogP contribution in [0.4, 0.5) is 10.1 Å². The molecule has 0 bridgehead atoms. The second kappa shape index (κ2) is 4.21. The van der Waals surface area contributed by atoms with Crippen molar-refractivity contribution < 1.29 is 4.39 Å². The van der Waals surface area contributed by atoms with Gasteiger partial charge in [-0.05, 0) is 23.3 Å². The van der Waals surface area contributed by atoms with Crippen LogP contribution in [0.2, 0.25) is 0 Å². The topological polar surface area (TPSA) is 26.0 Å². The Bertz CT molecular complexity index is 518. The number of rotatable bonds is 2. The van der Waals surface area contributed by atoms with Crippen LogP contribution in [0.25, 0.3) is 0 Å². The Balaban J connectivity index is 2.48. The Morgan fingerprint density at radius 2 is 1.59 bits per heavy atom. The number of hydrogen-bond acceptors (Lipinski definition) is 1. The van der Waals surface area contributed by atoms with Gasteiger partial charge in [0.15, 0.2) is 0 Å². The van der Waals surface area contributed by atoms with Crippen molar-refractivity contribution in [2.75, 3.05) is 5.73 Å². The van der Waals surface area contributed by atoms with Crippen molar-refractivity contribution >= 4 is 5.69 Å². The molecule has 0 radical (unpaired) electrons. The molecule has 0 unspecified atom stereocenters. The normalized spacial score (nSPS) is 11.5. The van der Waals surface area contributed by atoms with Gasteiger partial charge in [-0.2, -0.15) is 0 Å². The first kappa shape index (κ1) is 11.6. The van der Waals surface area contributed by atoms with Crippen LogP contribution in [0, 0.1) is 5.82 Å². The molecular formula is C15H16FN. The number of hydrogen-bond donors (Lipinski definition) is 1. The summed E-state index contributed by atoms with van der Waals surface area (Å²) in [7, 11) is 0. The number of anilines is 1. The lowest BCUT2D eigenvalue weighted by Gasteiger charge is -2.26. The van der Waals surface area contributed by atoms with E-state index in [0.29, 0.717) is 0 Å². The van der Waals surface area contributed by atoms with Gasteiger partial charge in [0.1, 0.15) is 5.82 Å². The zero-order valence-corrected chi connectivity index (χ0v) is 10.1. The zero-order valence-electron chi connectivity index (χ0n) is 10.1. The minimum atomic E-state index is -0.355. The molecule has 1 nitrogen and oxygen atoms in total. The highest BCUT2D eigenvalue weighted by Crippen LogP contribution is 2.32. The first-order valence-electron chi connectivity index (χ1n) is 5.63. The number of halogens is 1. The number of benzene rings is 2. The molecule has 0 saturated carbocycles. The highest BCUT2D eigenvalue weighted by molar-refractivity contribution is 5.46. The summed E-state index contributed by atoms with van der Waals surface area (Å²) in [6, 6.07) is 15.1. The molecule has 17 heavy (non-hydrogen) atoms. The van der Waals surface area contributed by atoms with Gasteiger partial charge in [0.05, 0.1) is 5.69 Å². The molecule has 0 amide bonds. The fourth-order valence-corrected chi connectivity index (χ4v) is 1.94. The Morgan fingerprint density at radius 1 is 0.941 bits per heavy atom. The summed E-state index contributed by atoms with van der Waals surface area (Å²) in [4.78, 5) is 0. The molecule has 2 heteroatoms. The largest absolute Gasteiger partial charge is 0.396 e. The maximum Gasteiger partial charge on any atom is 0.146 e. The van der Waals surface area contributed by atoms with Gasteiger partial charge in [0, 0.05) is 5.41 Å². The van der Waals surface area contributed by atoms with Crippen LogP contribution in [-0.2, 0) is 5.41 Å². The van der Waals surface area contributed by atoms with Crippen molar-refractivity contribution in [2.24, 2.45) is 0 Å². The van der Waals surface area contributed by atoms with E-state index in [4.69, 9.17) is 5.73 Å². The molecule has 2 aromatic carbocycles. The fraction of sp³-hybridized carbons (Fsp3) is 0.200. The maximum atomic E-state index is 13.5. The van der Waals surface area contributed by atoms with E-state index in [-0.39, 0.29) is 16.9 Å². The lowest BCUT2D eigenvalue weighted by molar-refractivity contribution is 0.604. The van der Waals surface area contributed by atoms with E-state index >= 15 is 0 Å². The Labute approximate surface area is 101 Å². The quantitative estimate of drug-likeness (QED) is 0.780. The highest BCUT2D eigenvalue weighted by atomic mass is 19.1. The SMILES string of the molecule is CC(C)(c1ccccc1)c1ccc(N)c(F)c1. The average molecular weight is 229 g/mol. The lowest BCUT2D eigenvalue weighted by atomic mass is 9.78. The van der Waals surface area contributed by atoms with E-state index in [1.807, 2.05) is 36.4 Å². The number of nitrogen functional groups attached to an aromatic ring is 1. The molecule has 0 heterocycles. The van der Waals surface area contributed by atoms with Crippen molar-refractivity contribution in [3.63, 3.8) is 0 Å². The smallest absolute Gasteiger partial charge is 0.146 e. The van der Waals surface area contributed by atoms with Gasteiger partial charge < -0.3 is 5.73 Å². The Kier molecular flexibility index (Phi) is 2.88. The minimum Gasteiger partial charge on any atom is -0.396 e. The predicted octanol–water partition coefficient (Wildman–Crippen LogP) is 3.73. The molecule has 2 rings (SSSR count). The fourth-order valence-electron chi connectivity index (χ4n) is 1.94. The molecule has 0 atom stereocenters. The summed E-state index contributed by atoms with van der Waals surface area (Å²) < 4.78 is 13.5. The lowest BCUT2D eigenvalue weighted by Crippen LogP contribution is -2.19. The summed E-state index contributed by atoms with van der Waals surface area (Å²) in [5, 5.41) is 0. The highest BCUT2D eigenvalue weighted by Gasteiger charge is 2.23. The molecule has 2 N–H and O–H groups in total. The summed E-state index contributed by atoms with van der Waals surface area (Å²) in [5.74, 6) is -0.355. The summed E-state index contributed by atoms with van der Waals surface area (Å²) in [6.45, 7) is 4.15. The third-order valence-corrected chi connectivity index (χ3v) is 3.22. The minimum absolute atomic E-state index is 0.192.